The number of halogens is 1. The van der Waals surface area contributed by atoms with Gasteiger partial charge in [0.1, 0.15) is 11.5 Å². The van der Waals surface area contributed by atoms with Crippen molar-refractivity contribution >= 4 is 23.4 Å². The molecule has 0 atom stereocenters. The van der Waals surface area contributed by atoms with Crippen molar-refractivity contribution in [1.29, 1.82) is 0 Å². The number of ether oxygens (including phenoxy) is 3. The number of methoxy groups -OCH3 is 2. The molecule has 5 nitrogen and oxygen atoms in total. The standard InChI is InChI=1S/C17H15ClO5/c1-21-13-6-7-14(16(9-13)22-2)15(19)10-23-17(20)11-4-3-5-12(18)8-11/h3-9H,10H2,1-2H3. The Bertz CT molecular complexity index is 727. The third-order valence-electron chi connectivity index (χ3n) is 3.10. The molecule has 0 bridgehead atoms. The van der Waals surface area contributed by atoms with Crippen LogP contribution in [-0.2, 0) is 4.74 Å². The normalized spacial score (nSPS) is 10.0. The predicted molar refractivity (Wildman–Crippen MR) is 85.6 cm³/mol. The van der Waals surface area contributed by atoms with E-state index in [4.69, 9.17) is 25.8 Å². The molecule has 0 N–H and O–H groups in total. The summed E-state index contributed by atoms with van der Waals surface area (Å²) in [4.78, 5) is 24.1. The molecule has 0 radical (unpaired) electrons. The molecule has 0 saturated carbocycles. The molecule has 0 aliphatic carbocycles. The van der Waals surface area contributed by atoms with Crippen molar-refractivity contribution in [3.8, 4) is 11.5 Å². The summed E-state index contributed by atoms with van der Waals surface area (Å²) in [5.41, 5.74) is 0.596. The van der Waals surface area contributed by atoms with Crippen LogP contribution in [0, 0.1) is 0 Å². The summed E-state index contributed by atoms with van der Waals surface area (Å²) in [5.74, 6) is -0.0734. The fourth-order valence-corrected chi connectivity index (χ4v) is 2.13. The molecule has 23 heavy (non-hydrogen) atoms. The quantitative estimate of drug-likeness (QED) is 0.598. The van der Waals surface area contributed by atoms with Gasteiger partial charge in [-0.25, -0.2) is 4.79 Å². The molecule has 2 rings (SSSR count). The van der Waals surface area contributed by atoms with E-state index in [0.29, 0.717) is 22.1 Å². The number of carbonyl (C=O) groups is 2. The van der Waals surface area contributed by atoms with Gasteiger partial charge in [0.15, 0.2) is 6.61 Å². The minimum absolute atomic E-state index is 0.284. The zero-order chi connectivity index (χ0) is 16.8. The third-order valence-corrected chi connectivity index (χ3v) is 3.34. The van der Waals surface area contributed by atoms with Crippen LogP contribution >= 0.6 is 11.6 Å². The maximum Gasteiger partial charge on any atom is 0.338 e. The molecule has 0 saturated heterocycles. The molecule has 2 aromatic rings. The number of carbonyl (C=O) groups excluding carboxylic acids is 2. The van der Waals surface area contributed by atoms with Gasteiger partial charge in [-0.15, -0.1) is 0 Å². The molecule has 0 aliphatic rings. The molecule has 0 heterocycles. The van der Waals surface area contributed by atoms with Gasteiger partial charge in [-0.3, -0.25) is 4.79 Å². The van der Waals surface area contributed by atoms with Crippen molar-refractivity contribution in [3.63, 3.8) is 0 Å². The fourth-order valence-electron chi connectivity index (χ4n) is 1.94. The summed E-state index contributed by atoms with van der Waals surface area (Å²) in [6.07, 6.45) is 0. The summed E-state index contributed by atoms with van der Waals surface area (Å²) in [5, 5.41) is 0.419. The predicted octanol–water partition coefficient (Wildman–Crippen LogP) is 3.40. The SMILES string of the molecule is COc1ccc(C(=O)COC(=O)c2cccc(Cl)c2)c(OC)c1. The van der Waals surface area contributed by atoms with E-state index in [1.807, 2.05) is 0 Å². The van der Waals surface area contributed by atoms with Gasteiger partial charge in [0.2, 0.25) is 5.78 Å². The molecule has 0 aliphatic heterocycles. The van der Waals surface area contributed by atoms with Gasteiger partial charge >= 0.3 is 5.97 Å². The van der Waals surface area contributed by atoms with Crippen LogP contribution in [0.3, 0.4) is 0 Å². The first kappa shape index (κ1) is 16.8. The van der Waals surface area contributed by atoms with E-state index >= 15 is 0 Å². The monoisotopic (exact) mass is 334 g/mol. The molecular weight excluding hydrogens is 320 g/mol. The van der Waals surface area contributed by atoms with Gasteiger partial charge in [-0.2, -0.15) is 0 Å². The second kappa shape index (κ2) is 7.65. The number of esters is 1. The van der Waals surface area contributed by atoms with Crippen LogP contribution in [0.5, 0.6) is 11.5 Å². The molecular formula is C17H15ClO5. The summed E-state index contributed by atoms with van der Waals surface area (Å²) in [7, 11) is 2.96. The minimum atomic E-state index is -0.617. The fraction of sp³-hybridized carbons (Fsp3) is 0.176. The van der Waals surface area contributed by atoms with E-state index in [9.17, 15) is 9.59 Å². The van der Waals surface area contributed by atoms with Gasteiger partial charge in [0.25, 0.3) is 0 Å². The van der Waals surface area contributed by atoms with Crippen molar-refractivity contribution in [2.24, 2.45) is 0 Å². The van der Waals surface area contributed by atoms with Crippen LogP contribution in [0.25, 0.3) is 0 Å². The Kier molecular flexibility index (Phi) is 5.60. The first-order valence-electron chi connectivity index (χ1n) is 6.73. The Morgan fingerprint density at radius 3 is 2.48 bits per heavy atom. The topological polar surface area (TPSA) is 61.8 Å². The van der Waals surface area contributed by atoms with E-state index in [0.717, 1.165) is 0 Å². The Hall–Kier alpha value is -2.53. The zero-order valence-corrected chi connectivity index (χ0v) is 13.4. The average Bonchev–Trinajstić information content (AvgIpc) is 2.58. The first-order valence-corrected chi connectivity index (χ1v) is 7.11. The van der Waals surface area contributed by atoms with Crippen LogP contribution in [0.2, 0.25) is 5.02 Å². The Morgan fingerprint density at radius 1 is 1.04 bits per heavy atom. The van der Waals surface area contributed by atoms with Crippen molar-refractivity contribution < 1.29 is 23.8 Å². The highest BCUT2D eigenvalue weighted by Crippen LogP contribution is 2.25. The van der Waals surface area contributed by atoms with E-state index in [2.05, 4.69) is 0 Å². The van der Waals surface area contributed by atoms with Crippen LogP contribution in [0.1, 0.15) is 20.7 Å². The number of ketones is 1. The van der Waals surface area contributed by atoms with Gasteiger partial charge in [-0.1, -0.05) is 17.7 Å². The highest BCUT2D eigenvalue weighted by atomic mass is 35.5. The lowest BCUT2D eigenvalue weighted by Gasteiger charge is -2.10. The number of hydrogen-bond donors (Lipinski definition) is 0. The Labute approximate surface area is 138 Å². The smallest absolute Gasteiger partial charge is 0.338 e. The van der Waals surface area contributed by atoms with Crippen molar-refractivity contribution in [1.82, 2.24) is 0 Å². The molecule has 0 amide bonds. The second-order valence-electron chi connectivity index (χ2n) is 4.58. The first-order chi connectivity index (χ1) is 11.0. The molecule has 2 aromatic carbocycles. The van der Waals surface area contributed by atoms with Gasteiger partial charge in [0, 0.05) is 11.1 Å². The van der Waals surface area contributed by atoms with Crippen molar-refractivity contribution in [3.05, 3.63) is 58.6 Å². The van der Waals surface area contributed by atoms with Crippen LogP contribution in [0.4, 0.5) is 0 Å². The lowest BCUT2D eigenvalue weighted by molar-refractivity contribution is 0.0474. The van der Waals surface area contributed by atoms with Crippen molar-refractivity contribution in [2.75, 3.05) is 20.8 Å². The number of rotatable bonds is 6. The average molecular weight is 335 g/mol. The third kappa shape index (κ3) is 4.23. The molecule has 6 heteroatoms. The minimum Gasteiger partial charge on any atom is -0.497 e. The largest absolute Gasteiger partial charge is 0.497 e. The zero-order valence-electron chi connectivity index (χ0n) is 12.7. The summed E-state index contributed by atoms with van der Waals surface area (Å²) >= 11 is 5.81. The Balaban J connectivity index is 2.06. The van der Waals surface area contributed by atoms with Gasteiger partial charge in [0.05, 0.1) is 25.3 Å². The number of benzene rings is 2. The summed E-state index contributed by atoms with van der Waals surface area (Å²) in [6.45, 7) is -0.395. The van der Waals surface area contributed by atoms with E-state index < -0.39 is 12.6 Å². The Morgan fingerprint density at radius 2 is 1.83 bits per heavy atom. The molecule has 0 aromatic heterocycles. The van der Waals surface area contributed by atoms with Gasteiger partial charge in [-0.05, 0) is 30.3 Å². The highest BCUT2D eigenvalue weighted by Gasteiger charge is 2.16. The number of Topliss-reactive ketones (excluding diaryl/α,β-unsaturated/α-hetero) is 1. The van der Waals surface area contributed by atoms with Gasteiger partial charge < -0.3 is 14.2 Å². The maximum atomic E-state index is 12.2. The summed E-state index contributed by atoms with van der Waals surface area (Å²) in [6, 6.07) is 11.1. The molecule has 120 valence electrons. The lowest BCUT2D eigenvalue weighted by atomic mass is 10.1. The van der Waals surface area contributed by atoms with Crippen LogP contribution < -0.4 is 9.47 Å². The molecule has 0 unspecified atom stereocenters. The van der Waals surface area contributed by atoms with E-state index in [1.54, 1.807) is 36.4 Å². The number of hydrogen-bond acceptors (Lipinski definition) is 5. The maximum absolute atomic E-state index is 12.2. The van der Waals surface area contributed by atoms with E-state index in [1.165, 1.54) is 20.3 Å². The second-order valence-corrected chi connectivity index (χ2v) is 5.01. The molecule has 0 fully saturated rings. The van der Waals surface area contributed by atoms with Crippen LogP contribution in [0.15, 0.2) is 42.5 Å². The van der Waals surface area contributed by atoms with Crippen molar-refractivity contribution in [2.45, 2.75) is 0 Å². The van der Waals surface area contributed by atoms with E-state index in [-0.39, 0.29) is 11.3 Å². The highest BCUT2D eigenvalue weighted by molar-refractivity contribution is 6.30. The molecule has 0 spiro atoms. The summed E-state index contributed by atoms with van der Waals surface area (Å²) < 4.78 is 15.2. The van der Waals surface area contributed by atoms with Crippen LogP contribution in [-0.4, -0.2) is 32.6 Å². The lowest BCUT2D eigenvalue weighted by Crippen LogP contribution is -2.15.